The molecule has 0 aromatic heterocycles. The lowest BCUT2D eigenvalue weighted by atomic mass is 9.87. The van der Waals surface area contributed by atoms with Gasteiger partial charge in [-0.2, -0.15) is 0 Å². The highest BCUT2D eigenvalue weighted by molar-refractivity contribution is 9.10. The van der Waals surface area contributed by atoms with E-state index in [-0.39, 0.29) is 18.6 Å². The lowest BCUT2D eigenvalue weighted by molar-refractivity contribution is -0.546. The normalized spacial score (nSPS) is 13.3. The number of nitrogens with zero attached hydrogens (tertiary/aromatic N) is 2. The van der Waals surface area contributed by atoms with E-state index in [0.717, 1.165) is 11.1 Å². The third-order valence-corrected chi connectivity index (χ3v) is 5.59. The number of halogens is 1. The van der Waals surface area contributed by atoms with E-state index in [4.69, 9.17) is 4.74 Å². The zero-order chi connectivity index (χ0) is 23.0. The standard InChI is InChI=1S/C22H23BrN2O6/c1-3-31-22(26)17(12-16-9-5-4-8-15(16)2)13-21(25(29)30)19(14-24(27)28)18-10-6-7-11-20(18)23/h4-12,19,21H,3,13-14H2,1-2H3/b17-12+/t19-,21-/m0/s1. The molecule has 0 spiro atoms. The van der Waals surface area contributed by atoms with E-state index in [2.05, 4.69) is 15.9 Å². The number of aryl methyl sites for hydroxylation is 1. The van der Waals surface area contributed by atoms with E-state index in [1.807, 2.05) is 19.1 Å². The van der Waals surface area contributed by atoms with Crippen molar-refractivity contribution in [3.05, 3.63) is 95.5 Å². The van der Waals surface area contributed by atoms with Gasteiger partial charge in [-0.15, -0.1) is 0 Å². The first-order valence-electron chi connectivity index (χ1n) is 9.67. The maximum Gasteiger partial charge on any atom is 0.334 e. The van der Waals surface area contributed by atoms with E-state index in [0.29, 0.717) is 10.0 Å². The number of carbonyl (C=O) groups is 1. The first kappa shape index (κ1) is 24.2. The highest BCUT2D eigenvalue weighted by Crippen LogP contribution is 2.32. The van der Waals surface area contributed by atoms with Crippen LogP contribution in [0.3, 0.4) is 0 Å². The summed E-state index contributed by atoms with van der Waals surface area (Å²) in [5.41, 5.74) is 2.15. The lowest BCUT2D eigenvalue weighted by Gasteiger charge is -2.20. The summed E-state index contributed by atoms with van der Waals surface area (Å²) >= 11 is 3.34. The van der Waals surface area contributed by atoms with Crippen LogP contribution in [0.15, 0.2) is 58.6 Å². The molecule has 2 atom stereocenters. The van der Waals surface area contributed by atoms with Gasteiger partial charge in [-0.3, -0.25) is 20.2 Å². The molecule has 0 saturated carbocycles. The van der Waals surface area contributed by atoms with Gasteiger partial charge in [0, 0.05) is 26.3 Å². The maximum atomic E-state index is 12.6. The Kier molecular flexibility index (Phi) is 8.87. The van der Waals surface area contributed by atoms with E-state index in [1.165, 1.54) is 0 Å². The quantitative estimate of drug-likeness (QED) is 0.204. The lowest BCUT2D eigenvalue weighted by Crippen LogP contribution is -2.34. The molecule has 9 heteroatoms. The largest absolute Gasteiger partial charge is 0.463 e. The molecule has 0 bridgehead atoms. The van der Waals surface area contributed by atoms with Gasteiger partial charge in [0.15, 0.2) is 0 Å². The van der Waals surface area contributed by atoms with Crippen molar-refractivity contribution in [1.29, 1.82) is 0 Å². The summed E-state index contributed by atoms with van der Waals surface area (Å²) in [7, 11) is 0. The molecule has 0 unspecified atom stereocenters. The molecule has 0 radical (unpaired) electrons. The first-order valence-corrected chi connectivity index (χ1v) is 10.5. The second-order valence-electron chi connectivity index (χ2n) is 6.95. The Labute approximate surface area is 188 Å². The Balaban J connectivity index is 2.53. The summed E-state index contributed by atoms with van der Waals surface area (Å²) in [5, 5.41) is 23.4. The van der Waals surface area contributed by atoms with Crippen LogP contribution in [0.25, 0.3) is 6.08 Å². The molecule has 8 nitrogen and oxygen atoms in total. The molecule has 0 aliphatic heterocycles. The summed E-state index contributed by atoms with van der Waals surface area (Å²) in [6, 6.07) is 12.6. The molecule has 2 aromatic carbocycles. The van der Waals surface area contributed by atoms with Crippen LogP contribution in [-0.4, -0.2) is 35.0 Å². The number of ether oxygens (including phenoxy) is 1. The van der Waals surface area contributed by atoms with Gasteiger partial charge >= 0.3 is 5.97 Å². The third kappa shape index (κ3) is 6.71. The first-order chi connectivity index (χ1) is 14.7. The summed E-state index contributed by atoms with van der Waals surface area (Å²) < 4.78 is 5.65. The molecule has 0 saturated heterocycles. The Bertz CT molecular complexity index is 991. The fourth-order valence-corrected chi connectivity index (χ4v) is 3.89. The van der Waals surface area contributed by atoms with Crippen molar-refractivity contribution in [3.63, 3.8) is 0 Å². The highest BCUT2D eigenvalue weighted by Gasteiger charge is 2.39. The minimum Gasteiger partial charge on any atom is -0.463 e. The molecule has 0 fully saturated rings. The fraction of sp³-hybridized carbons (Fsp3) is 0.318. The topological polar surface area (TPSA) is 113 Å². The van der Waals surface area contributed by atoms with Gasteiger partial charge in [-0.1, -0.05) is 58.4 Å². The zero-order valence-electron chi connectivity index (χ0n) is 17.2. The molecule has 0 amide bonds. The van der Waals surface area contributed by atoms with Crippen LogP contribution in [0.4, 0.5) is 0 Å². The average Bonchev–Trinajstić information content (AvgIpc) is 2.71. The van der Waals surface area contributed by atoms with Crippen molar-refractivity contribution in [2.75, 3.05) is 13.2 Å². The summed E-state index contributed by atoms with van der Waals surface area (Å²) in [4.78, 5) is 34.8. The molecule has 0 heterocycles. The van der Waals surface area contributed by atoms with Crippen LogP contribution in [0.5, 0.6) is 0 Å². The van der Waals surface area contributed by atoms with E-state index < -0.39 is 34.3 Å². The van der Waals surface area contributed by atoms with E-state index in [1.54, 1.807) is 49.4 Å². The van der Waals surface area contributed by atoms with E-state index in [9.17, 15) is 25.0 Å². The molecule has 2 aromatic rings. The number of hydrogen-bond donors (Lipinski definition) is 0. The second-order valence-corrected chi connectivity index (χ2v) is 7.80. The molecular formula is C22H23BrN2O6. The summed E-state index contributed by atoms with van der Waals surface area (Å²) in [5.74, 6) is -1.72. The number of nitro groups is 2. The maximum absolute atomic E-state index is 12.6. The minimum atomic E-state index is -1.40. The number of rotatable bonds is 10. The molecule has 0 N–H and O–H groups in total. The van der Waals surface area contributed by atoms with Crippen molar-refractivity contribution >= 4 is 28.0 Å². The van der Waals surface area contributed by atoms with Gasteiger partial charge in [0.1, 0.15) is 5.92 Å². The van der Waals surface area contributed by atoms with E-state index >= 15 is 0 Å². The van der Waals surface area contributed by atoms with Crippen LogP contribution in [-0.2, 0) is 9.53 Å². The van der Waals surface area contributed by atoms with Gasteiger partial charge in [0.2, 0.25) is 12.6 Å². The Morgan fingerprint density at radius 3 is 2.35 bits per heavy atom. The van der Waals surface area contributed by atoms with Crippen LogP contribution >= 0.6 is 15.9 Å². The summed E-state index contributed by atoms with van der Waals surface area (Å²) in [6.45, 7) is 2.96. The molecule has 31 heavy (non-hydrogen) atoms. The number of esters is 1. The zero-order valence-corrected chi connectivity index (χ0v) is 18.8. The van der Waals surface area contributed by atoms with Gasteiger partial charge < -0.3 is 4.74 Å². The second kappa shape index (κ2) is 11.4. The minimum absolute atomic E-state index is 0.0956. The Morgan fingerprint density at radius 1 is 1.13 bits per heavy atom. The van der Waals surface area contributed by atoms with Gasteiger partial charge in [0.05, 0.1) is 6.61 Å². The molecule has 164 valence electrons. The van der Waals surface area contributed by atoms with Gasteiger partial charge in [-0.05, 0) is 42.7 Å². The summed E-state index contributed by atoms with van der Waals surface area (Å²) in [6.07, 6.45) is 1.26. The smallest absolute Gasteiger partial charge is 0.334 e. The number of benzene rings is 2. The highest BCUT2D eigenvalue weighted by atomic mass is 79.9. The Morgan fingerprint density at radius 2 is 1.77 bits per heavy atom. The molecule has 0 aliphatic rings. The van der Waals surface area contributed by atoms with Crippen molar-refractivity contribution in [3.8, 4) is 0 Å². The van der Waals surface area contributed by atoms with Gasteiger partial charge in [-0.25, -0.2) is 4.79 Å². The fourth-order valence-electron chi connectivity index (χ4n) is 3.31. The Hall–Kier alpha value is -3.07. The van der Waals surface area contributed by atoms with Crippen molar-refractivity contribution < 1.29 is 19.4 Å². The predicted octanol–water partition coefficient (Wildman–Crippen LogP) is 4.80. The van der Waals surface area contributed by atoms with Crippen molar-refractivity contribution in [2.45, 2.75) is 32.2 Å². The third-order valence-electron chi connectivity index (χ3n) is 4.87. The van der Waals surface area contributed by atoms with Crippen LogP contribution in [0.2, 0.25) is 0 Å². The van der Waals surface area contributed by atoms with Crippen LogP contribution in [0.1, 0.15) is 36.0 Å². The van der Waals surface area contributed by atoms with Gasteiger partial charge in [0.25, 0.3) is 0 Å². The SMILES string of the molecule is CCOC(=O)/C(=C/c1ccccc1C)C[C@@H]([C@@H](C[N+](=O)[O-])c1ccccc1Br)[N+](=O)[O-]. The number of carbonyl (C=O) groups excluding carboxylic acids is 1. The number of hydrogen-bond acceptors (Lipinski definition) is 6. The average molecular weight is 491 g/mol. The predicted molar refractivity (Wildman–Crippen MR) is 120 cm³/mol. The van der Waals surface area contributed by atoms with Crippen molar-refractivity contribution in [2.24, 2.45) is 0 Å². The van der Waals surface area contributed by atoms with Crippen molar-refractivity contribution in [1.82, 2.24) is 0 Å². The van der Waals surface area contributed by atoms with Crippen LogP contribution < -0.4 is 0 Å². The molecular weight excluding hydrogens is 468 g/mol. The molecule has 0 aliphatic carbocycles. The molecule has 2 rings (SSSR count). The monoisotopic (exact) mass is 490 g/mol. The van der Waals surface area contributed by atoms with Crippen LogP contribution in [0, 0.1) is 27.2 Å².